The second-order valence-electron chi connectivity index (χ2n) is 8.15. The van der Waals surface area contributed by atoms with Gasteiger partial charge < -0.3 is 5.32 Å². The summed E-state index contributed by atoms with van der Waals surface area (Å²) >= 11 is 1.19. The number of aryl methyl sites for hydroxylation is 2. The normalized spacial score (nSPS) is 13.1. The van der Waals surface area contributed by atoms with Crippen LogP contribution in [0.3, 0.4) is 0 Å². The van der Waals surface area contributed by atoms with Gasteiger partial charge in [-0.3, -0.25) is 14.2 Å². The first-order valence-corrected chi connectivity index (χ1v) is 11.1. The Kier molecular flexibility index (Phi) is 6.51. The number of fused-ring (bicyclic) bond motifs is 1. The number of nitrogens with one attached hydrogen (secondary N) is 1. The maximum Gasteiger partial charge on any atom is 0.266 e. The molecule has 0 unspecified atom stereocenters. The zero-order valence-corrected chi connectivity index (χ0v) is 19.2. The lowest BCUT2D eigenvalue weighted by Crippen LogP contribution is -2.49. The topological polar surface area (TPSA) is 87.8 Å². The summed E-state index contributed by atoms with van der Waals surface area (Å²) in [6, 6.07) is 15.2. The van der Waals surface area contributed by atoms with Gasteiger partial charge in [-0.15, -0.1) is 0 Å². The first-order chi connectivity index (χ1) is 14.7. The molecule has 0 bridgehead atoms. The van der Waals surface area contributed by atoms with Gasteiger partial charge in [-0.05, 0) is 50.5 Å². The standard InChI is InChI=1S/C24H26N4O2S/c1-15(2)24(5,14-25)27-21(29)13-31-23-26-19-9-7-6-8-18(19)22(30)28(23)20-11-10-16(3)12-17(20)4/h6-12,15H,13H2,1-5H3,(H,27,29)/t24-/m1/s1. The van der Waals surface area contributed by atoms with Crippen molar-refractivity contribution in [2.75, 3.05) is 5.75 Å². The first-order valence-electron chi connectivity index (χ1n) is 10.1. The SMILES string of the molecule is Cc1ccc(-n2c(SCC(=O)N[C@](C)(C#N)C(C)C)nc3ccccc3c2=O)c(C)c1. The number of hydrogen-bond donors (Lipinski definition) is 1. The number of carbonyl (C=O) groups is 1. The van der Waals surface area contributed by atoms with Crippen LogP contribution in [0.5, 0.6) is 0 Å². The molecule has 3 aromatic rings. The minimum atomic E-state index is -0.957. The summed E-state index contributed by atoms with van der Waals surface area (Å²) in [7, 11) is 0. The lowest BCUT2D eigenvalue weighted by atomic mass is 9.90. The third kappa shape index (κ3) is 4.64. The van der Waals surface area contributed by atoms with Crippen molar-refractivity contribution in [2.24, 2.45) is 5.92 Å². The first kappa shape index (κ1) is 22.6. The number of para-hydroxylation sites is 1. The third-order valence-corrected chi connectivity index (χ3v) is 6.40. The Morgan fingerprint density at radius 1 is 1.26 bits per heavy atom. The van der Waals surface area contributed by atoms with Crippen LogP contribution in [0.25, 0.3) is 16.6 Å². The summed E-state index contributed by atoms with van der Waals surface area (Å²) in [5, 5.41) is 13.2. The molecule has 3 rings (SSSR count). The monoisotopic (exact) mass is 434 g/mol. The number of rotatable bonds is 6. The maximum absolute atomic E-state index is 13.4. The van der Waals surface area contributed by atoms with Crippen molar-refractivity contribution in [3.05, 3.63) is 63.9 Å². The Hall–Kier alpha value is -3.11. The van der Waals surface area contributed by atoms with Crippen LogP contribution in [-0.2, 0) is 4.79 Å². The predicted octanol–water partition coefficient (Wildman–Crippen LogP) is 4.15. The number of amides is 1. The summed E-state index contributed by atoms with van der Waals surface area (Å²) in [5.41, 5.74) is 2.23. The third-order valence-electron chi connectivity index (χ3n) is 5.46. The highest BCUT2D eigenvalue weighted by Crippen LogP contribution is 2.24. The van der Waals surface area contributed by atoms with E-state index in [1.54, 1.807) is 23.6 Å². The van der Waals surface area contributed by atoms with Crippen LogP contribution >= 0.6 is 11.8 Å². The fourth-order valence-corrected chi connectivity index (χ4v) is 4.04. The average molecular weight is 435 g/mol. The van der Waals surface area contributed by atoms with Gasteiger partial charge in [-0.2, -0.15) is 5.26 Å². The van der Waals surface area contributed by atoms with Crippen LogP contribution < -0.4 is 10.9 Å². The molecule has 31 heavy (non-hydrogen) atoms. The van der Waals surface area contributed by atoms with Crippen LogP contribution in [-0.4, -0.2) is 26.8 Å². The molecule has 1 atom stereocenters. The zero-order valence-electron chi connectivity index (χ0n) is 18.4. The number of benzene rings is 2. The number of nitriles is 1. The number of carbonyl (C=O) groups excluding carboxylic acids is 1. The molecule has 0 saturated heterocycles. The largest absolute Gasteiger partial charge is 0.337 e. The van der Waals surface area contributed by atoms with Gasteiger partial charge in [0.05, 0.1) is 28.4 Å². The Balaban J connectivity index is 2.03. The fourth-order valence-electron chi connectivity index (χ4n) is 3.24. The van der Waals surface area contributed by atoms with E-state index >= 15 is 0 Å². The van der Waals surface area contributed by atoms with E-state index in [-0.39, 0.29) is 23.1 Å². The van der Waals surface area contributed by atoms with E-state index < -0.39 is 5.54 Å². The lowest BCUT2D eigenvalue weighted by molar-refractivity contribution is -0.120. The van der Waals surface area contributed by atoms with Gasteiger partial charge in [-0.25, -0.2) is 4.98 Å². The number of hydrogen-bond acceptors (Lipinski definition) is 5. The summed E-state index contributed by atoms with van der Waals surface area (Å²) in [5.74, 6) is -0.282. The predicted molar refractivity (Wildman–Crippen MR) is 125 cm³/mol. The van der Waals surface area contributed by atoms with Crippen LogP contribution in [0.15, 0.2) is 52.4 Å². The van der Waals surface area contributed by atoms with Gasteiger partial charge in [-0.1, -0.05) is 55.4 Å². The van der Waals surface area contributed by atoms with Crippen LogP contribution in [0.1, 0.15) is 31.9 Å². The molecule has 0 spiro atoms. The highest BCUT2D eigenvalue weighted by Gasteiger charge is 2.30. The zero-order chi connectivity index (χ0) is 22.8. The Morgan fingerprint density at radius 3 is 2.61 bits per heavy atom. The lowest BCUT2D eigenvalue weighted by Gasteiger charge is -2.27. The molecule has 1 N–H and O–H groups in total. The van der Waals surface area contributed by atoms with Crippen molar-refractivity contribution in [2.45, 2.75) is 45.3 Å². The molecular formula is C24H26N4O2S. The van der Waals surface area contributed by atoms with Gasteiger partial charge in [0, 0.05) is 0 Å². The van der Waals surface area contributed by atoms with Crippen molar-refractivity contribution in [1.82, 2.24) is 14.9 Å². The van der Waals surface area contributed by atoms with E-state index in [1.807, 2.05) is 58.0 Å². The van der Waals surface area contributed by atoms with Gasteiger partial charge >= 0.3 is 0 Å². The van der Waals surface area contributed by atoms with Crippen LogP contribution in [0, 0.1) is 31.1 Å². The molecule has 0 saturated carbocycles. The molecule has 2 aromatic carbocycles. The number of nitrogens with zero attached hydrogens (tertiary/aromatic N) is 3. The minimum absolute atomic E-state index is 0.0413. The summed E-state index contributed by atoms with van der Waals surface area (Å²) in [6.07, 6.45) is 0. The second-order valence-corrected chi connectivity index (χ2v) is 9.09. The second kappa shape index (κ2) is 8.94. The van der Waals surface area contributed by atoms with Gasteiger partial charge in [0.1, 0.15) is 5.54 Å². The van der Waals surface area contributed by atoms with Crippen LogP contribution in [0.4, 0.5) is 0 Å². The minimum Gasteiger partial charge on any atom is -0.337 e. The molecule has 1 aromatic heterocycles. The molecule has 0 aliphatic rings. The van der Waals surface area contributed by atoms with Gasteiger partial charge in [0.15, 0.2) is 5.16 Å². The van der Waals surface area contributed by atoms with E-state index in [0.717, 1.165) is 16.8 Å². The maximum atomic E-state index is 13.4. The van der Waals surface area contributed by atoms with E-state index in [4.69, 9.17) is 0 Å². The molecule has 6 nitrogen and oxygen atoms in total. The number of thioether (sulfide) groups is 1. The molecule has 0 aliphatic heterocycles. The number of aromatic nitrogens is 2. The van der Waals surface area contributed by atoms with Gasteiger partial charge in [0.25, 0.3) is 5.56 Å². The van der Waals surface area contributed by atoms with E-state index in [9.17, 15) is 14.9 Å². The average Bonchev–Trinajstić information content (AvgIpc) is 2.73. The van der Waals surface area contributed by atoms with Crippen molar-refractivity contribution in [1.29, 1.82) is 5.26 Å². The van der Waals surface area contributed by atoms with Crippen molar-refractivity contribution >= 4 is 28.6 Å². The van der Waals surface area contributed by atoms with Crippen molar-refractivity contribution < 1.29 is 4.79 Å². The molecular weight excluding hydrogens is 408 g/mol. The summed E-state index contributed by atoms with van der Waals surface area (Å²) in [6.45, 7) is 9.43. The Bertz CT molecular complexity index is 1240. The van der Waals surface area contributed by atoms with Gasteiger partial charge in [0.2, 0.25) is 5.91 Å². The van der Waals surface area contributed by atoms with Crippen molar-refractivity contribution in [3.63, 3.8) is 0 Å². The van der Waals surface area contributed by atoms with E-state index in [0.29, 0.717) is 16.1 Å². The smallest absolute Gasteiger partial charge is 0.266 e. The quantitative estimate of drug-likeness (QED) is 0.465. The van der Waals surface area contributed by atoms with E-state index in [2.05, 4.69) is 16.4 Å². The molecule has 1 heterocycles. The molecule has 0 aliphatic carbocycles. The Morgan fingerprint density at radius 2 is 1.97 bits per heavy atom. The van der Waals surface area contributed by atoms with Crippen molar-refractivity contribution in [3.8, 4) is 11.8 Å². The fraction of sp³-hybridized carbons (Fsp3) is 0.333. The van der Waals surface area contributed by atoms with Crippen LogP contribution in [0.2, 0.25) is 0 Å². The highest BCUT2D eigenvalue weighted by molar-refractivity contribution is 7.99. The molecule has 160 valence electrons. The highest BCUT2D eigenvalue weighted by atomic mass is 32.2. The summed E-state index contributed by atoms with van der Waals surface area (Å²) in [4.78, 5) is 30.6. The van der Waals surface area contributed by atoms with E-state index in [1.165, 1.54) is 11.8 Å². The molecule has 0 fully saturated rings. The Labute approximate surface area is 186 Å². The summed E-state index contributed by atoms with van der Waals surface area (Å²) < 4.78 is 1.57. The molecule has 1 amide bonds. The molecule has 7 heteroatoms. The molecule has 0 radical (unpaired) electrons.